The number of benzene rings is 1. The Hall–Kier alpha value is -1.35. The molecule has 3 rings (SSSR count). The average Bonchev–Trinajstić information content (AvgIpc) is 2.92. The summed E-state index contributed by atoms with van der Waals surface area (Å²) in [6.45, 7) is 0.949. The molecule has 2 atom stereocenters. The smallest absolute Gasteiger partial charge is 0.145 e. The van der Waals surface area contributed by atoms with Crippen LogP contribution in [-0.2, 0) is 0 Å². The van der Waals surface area contributed by atoms with Crippen molar-refractivity contribution in [1.82, 2.24) is 9.97 Å². The van der Waals surface area contributed by atoms with Gasteiger partial charge in [0.25, 0.3) is 0 Å². The number of fused-ring (bicyclic) bond motifs is 1. The first-order valence-electron chi connectivity index (χ1n) is 6.88. The summed E-state index contributed by atoms with van der Waals surface area (Å²) < 4.78 is 0. The van der Waals surface area contributed by atoms with Crippen LogP contribution in [0.5, 0.6) is 0 Å². The fraction of sp³-hybridized carbons (Fsp3) is 0.467. The van der Waals surface area contributed by atoms with Crippen molar-refractivity contribution in [3.8, 4) is 0 Å². The van der Waals surface area contributed by atoms with E-state index in [2.05, 4.69) is 15.3 Å². The molecule has 1 aromatic heterocycles. The number of hydrogen-bond donors (Lipinski definition) is 1. The van der Waals surface area contributed by atoms with Crippen molar-refractivity contribution in [2.24, 2.45) is 11.8 Å². The molecule has 0 aliphatic heterocycles. The number of nitrogens with one attached hydrogen (secondary N) is 1. The lowest BCUT2D eigenvalue weighted by Crippen LogP contribution is -2.19. The number of aromatic nitrogens is 2. The largest absolute Gasteiger partial charge is 0.368 e. The second-order valence-corrected chi connectivity index (χ2v) is 5.54. The average molecular weight is 276 g/mol. The second kappa shape index (κ2) is 5.74. The third-order valence-corrected chi connectivity index (χ3v) is 4.41. The first kappa shape index (κ1) is 12.7. The summed E-state index contributed by atoms with van der Waals surface area (Å²) in [4.78, 5) is 8.99. The summed E-state index contributed by atoms with van der Waals surface area (Å²) in [6, 6.07) is 7.94. The molecule has 2 unspecified atom stereocenters. The van der Waals surface area contributed by atoms with Crippen molar-refractivity contribution in [2.75, 3.05) is 17.7 Å². The fourth-order valence-corrected chi connectivity index (χ4v) is 3.27. The van der Waals surface area contributed by atoms with E-state index < -0.39 is 0 Å². The molecule has 1 aliphatic rings. The highest BCUT2D eigenvalue weighted by Crippen LogP contribution is 2.32. The Morgan fingerprint density at radius 3 is 2.79 bits per heavy atom. The summed E-state index contributed by atoms with van der Waals surface area (Å²) in [5, 5.41) is 3.41. The molecule has 1 fully saturated rings. The van der Waals surface area contributed by atoms with E-state index in [4.69, 9.17) is 11.6 Å². The molecule has 1 aliphatic carbocycles. The summed E-state index contributed by atoms with van der Waals surface area (Å²) >= 11 is 6.01. The number of anilines is 1. The first-order valence-corrected chi connectivity index (χ1v) is 7.42. The van der Waals surface area contributed by atoms with Gasteiger partial charge in [-0.15, -0.1) is 11.6 Å². The molecule has 0 bridgehead atoms. The Morgan fingerprint density at radius 1 is 1.16 bits per heavy atom. The molecule has 0 saturated heterocycles. The summed E-state index contributed by atoms with van der Waals surface area (Å²) in [5.74, 6) is 2.96. The van der Waals surface area contributed by atoms with Gasteiger partial charge in [0, 0.05) is 12.4 Å². The molecule has 2 aromatic rings. The molecule has 1 heterocycles. The van der Waals surface area contributed by atoms with Gasteiger partial charge in [-0.1, -0.05) is 18.6 Å². The van der Waals surface area contributed by atoms with Crippen LogP contribution in [0.15, 0.2) is 30.5 Å². The molecule has 1 saturated carbocycles. The Morgan fingerprint density at radius 2 is 1.95 bits per heavy atom. The van der Waals surface area contributed by atoms with Crippen LogP contribution in [-0.4, -0.2) is 22.4 Å². The van der Waals surface area contributed by atoms with Crippen LogP contribution in [0.1, 0.15) is 19.3 Å². The molecule has 100 valence electrons. The number of para-hydroxylation sites is 2. The molecule has 0 spiro atoms. The van der Waals surface area contributed by atoms with E-state index in [0.717, 1.165) is 29.3 Å². The number of nitrogens with zero attached hydrogens (tertiary/aromatic N) is 2. The Kier molecular flexibility index (Phi) is 3.83. The van der Waals surface area contributed by atoms with Crippen molar-refractivity contribution in [3.05, 3.63) is 30.5 Å². The standard InChI is InChI=1S/C15H18ClN3/c16-8-11-4-3-5-12(11)9-18-15-10-17-13-6-1-2-7-14(13)19-15/h1-2,6-7,10-12H,3-5,8-9H2,(H,18,19). The van der Waals surface area contributed by atoms with Crippen LogP contribution in [0.4, 0.5) is 5.82 Å². The third-order valence-electron chi connectivity index (χ3n) is 4.01. The molecule has 0 amide bonds. The van der Waals surface area contributed by atoms with Gasteiger partial charge < -0.3 is 5.32 Å². The predicted octanol–water partition coefficient (Wildman–Crippen LogP) is 3.70. The number of hydrogen-bond acceptors (Lipinski definition) is 3. The molecule has 3 nitrogen and oxygen atoms in total. The minimum atomic E-state index is 0.655. The van der Waals surface area contributed by atoms with Crippen LogP contribution in [0.3, 0.4) is 0 Å². The maximum atomic E-state index is 6.01. The molecular weight excluding hydrogens is 258 g/mol. The topological polar surface area (TPSA) is 37.8 Å². The Bertz CT molecular complexity index is 558. The molecule has 1 aromatic carbocycles. The number of alkyl halides is 1. The van der Waals surface area contributed by atoms with E-state index in [0.29, 0.717) is 11.8 Å². The van der Waals surface area contributed by atoms with E-state index in [1.165, 1.54) is 19.3 Å². The molecular formula is C15H18ClN3. The maximum Gasteiger partial charge on any atom is 0.145 e. The van der Waals surface area contributed by atoms with Crippen molar-refractivity contribution >= 4 is 28.5 Å². The SMILES string of the molecule is ClCC1CCCC1CNc1cnc2ccccc2n1. The summed E-state index contributed by atoms with van der Waals surface area (Å²) in [5.41, 5.74) is 1.88. The highest BCUT2D eigenvalue weighted by Gasteiger charge is 2.26. The lowest BCUT2D eigenvalue weighted by atomic mass is 9.98. The molecule has 4 heteroatoms. The van der Waals surface area contributed by atoms with Crippen LogP contribution >= 0.6 is 11.6 Å². The lowest BCUT2D eigenvalue weighted by molar-refractivity contribution is 0.444. The van der Waals surface area contributed by atoms with Gasteiger partial charge in [0.05, 0.1) is 17.2 Å². The summed E-state index contributed by atoms with van der Waals surface area (Å²) in [7, 11) is 0. The zero-order valence-corrected chi connectivity index (χ0v) is 11.6. The van der Waals surface area contributed by atoms with Crippen LogP contribution in [0, 0.1) is 11.8 Å². The quantitative estimate of drug-likeness (QED) is 0.865. The van der Waals surface area contributed by atoms with Gasteiger partial charge >= 0.3 is 0 Å². The molecule has 19 heavy (non-hydrogen) atoms. The minimum Gasteiger partial charge on any atom is -0.368 e. The normalized spacial score (nSPS) is 22.8. The van der Waals surface area contributed by atoms with E-state index in [1.807, 2.05) is 30.5 Å². The van der Waals surface area contributed by atoms with Gasteiger partial charge in [0.2, 0.25) is 0 Å². The van der Waals surface area contributed by atoms with Crippen molar-refractivity contribution in [2.45, 2.75) is 19.3 Å². The van der Waals surface area contributed by atoms with Gasteiger partial charge in [-0.2, -0.15) is 0 Å². The zero-order chi connectivity index (χ0) is 13.1. The zero-order valence-electron chi connectivity index (χ0n) is 10.8. The molecule has 0 radical (unpaired) electrons. The molecule has 1 N–H and O–H groups in total. The first-order chi connectivity index (χ1) is 9.36. The minimum absolute atomic E-state index is 0.655. The second-order valence-electron chi connectivity index (χ2n) is 5.23. The monoisotopic (exact) mass is 275 g/mol. The van der Waals surface area contributed by atoms with Crippen molar-refractivity contribution < 1.29 is 0 Å². The van der Waals surface area contributed by atoms with Crippen molar-refractivity contribution in [1.29, 1.82) is 0 Å². The van der Waals surface area contributed by atoms with E-state index in [-0.39, 0.29) is 0 Å². The van der Waals surface area contributed by atoms with Gasteiger partial charge in [0.1, 0.15) is 5.82 Å². The van der Waals surface area contributed by atoms with E-state index >= 15 is 0 Å². The van der Waals surface area contributed by atoms with Crippen LogP contribution in [0.25, 0.3) is 11.0 Å². The van der Waals surface area contributed by atoms with E-state index in [1.54, 1.807) is 0 Å². The number of halogens is 1. The number of rotatable bonds is 4. The lowest BCUT2D eigenvalue weighted by Gasteiger charge is -2.17. The van der Waals surface area contributed by atoms with Crippen LogP contribution < -0.4 is 5.32 Å². The fourth-order valence-electron chi connectivity index (χ4n) is 2.86. The van der Waals surface area contributed by atoms with Gasteiger partial charge in [0.15, 0.2) is 0 Å². The van der Waals surface area contributed by atoms with Gasteiger partial charge in [-0.25, -0.2) is 4.98 Å². The predicted molar refractivity (Wildman–Crippen MR) is 79.6 cm³/mol. The Balaban J connectivity index is 1.68. The highest BCUT2D eigenvalue weighted by atomic mass is 35.5. The highest BCUT2D eigenvalue weighted by molar-refractivity contribution is 6.18. The van der Waals surface area contributed by atoms with E-state index in [9.17, 15) is 0 Å². The van der Waals surface area contributed by atoms with Crippen molar-refractivity contribution in [3.63, 3.8) is 0 Å². The summed E-state index contributed by atoms with van der Waals surface area (Å²) in [6.07, 6.45) is 5.64. The van der Waals surface area contributed by atoms with Gasteiger partial charge in [-0.3, -0.25) is 4.98 Å². The Labute approximate surface area is 118 Å². The van der Waals surface area contributed by atoms with Gasteiger partial charge in [-0.05, 0) is 36.8 Å². The maximum absolute atomic E-state index is 6.01. The van der Waals surface area contributed by atoms with Crippen LogP contribution in [0.2, 0.25) is 0 Å². The third kappa shape index (κ3) is 2.81.